The predicted molar refractivity (Wildman–Crippen MR) is 70.8 cm³/mol. The van der Waals surface area contributed by atoms with E-state index in [2.05, 4.69) is 0 Å². The van der Waals surface area contributed by atoms with Gasteiger partial charge in [0.2, 0.25) is 0 Å². The first-order valence-corrected chi connectivity index (χ1v) is 6.99. The molecule has 2 rings (SSSR count). The number of aliphatic carboxylic acids is 1. The zero-order valence-electron chi connectivity index (χ0n) is 9.91. The molecule has 1 unspecified atom stereocenters. The Kier molecular flexibility index (Phi) is 4.25. The van der Waals surface area contributed by atoms with Crippen molar-refractivity contribution in [3.63, 3.8) is 0 Å². The van der Waals surface area contributed by atoms with E-state index in [9.17, 15) is 9.59 Å². The number of thioether (sulfide) groups is 1. The first kappa shape index (κ1) is 13.0. The summed E-state index contributed by atoms with van der Waals surface area (Å²) in [6.07, 6.45) is 0.0194. The van der Waals surface area contributed by atoms with Crippen molar-refractivity contribution in [2.24, 2.45) is 0 Å². The van der Waals surface area contributed by atoms with Crippen LogP contribution in [0.3, 0.4) is 0 Å². The maximum atomic E-state index is 12.3. The van der Waals surface area contributed by atoms with Crippen LogP contribution in [-0.4, -0.2) is 46.0 Å². The predicted octanol–water partition coefficient (Wildman–Crippen LogP) is 1.72. The molecule has 0 aromatic heterocycles. The zero-order chi connectivity index (χ0) is 13.0. The van der Waals surface area contributed by atoms with Gasteiger partial charge in [0, 0.05) is 23.6 Å². The number of benzene rings is 1. The SMILES string of the molecule is O=C(O)CC1CSCCN1C(=O)c1ccccc1. The molecule has 1 aliphatic heterocycles. The first-order valence-electron chi connectivity index (χ1n) is 5.84. The fourth-order valence-electron chi connectivity index (χ4n) is 2.04. The lowest BCUT2D eigenvalue weighted by molar-refractivity contribution is -0.138. The van der Waals surface area contributed by atoms with Crippen LogP contribution < -0.4 is 0 Å². The quantitative estimate of drug-likeness (QED) is 0.904. The van der Waals surface area contributed by atoms with E-state index < -0.39 is 5.97 Å². The summed E-state index contributed by atoms with van der Waals surface area (Å²) >= 11 is 1.70. The van der Waals surface area contributed by atoms with Gasteiger partial charge in [-0.3, -0.25) is 9.59 Å². The second-order valence-corrected chi connectivity index (χ2v) is 5.34. The largest absolute Gasteiger partial charge is 0.481 e. The van der Waals surface area contributed by atoms with E-state index in [1.54, 1.807) is 28.8 Å². The minimum atomic E-state index is -0.853. The van der Waals surface area contributed by atoms with E-state index in [0.29, 0.717) is 17.9 Å². The smallest absolute Gasteiger partial charge is 0.305 e. The van der Waals surface area contributed by atoms with Crippen molar-refractivity contribution in [2.45, 2.75) is 12.5 Å². The zero-order valence-corrected chi connectivity index (χ0v) is 10.7. The number of carboxylic acids is 1. The van der Waals surface area contributed by atoms with Gasteiger partial charge in [-0.25, -0.2) is 0 Å². The molecular weight excluding hydrogens is 250 g/mol. The molecule has 18 heavy (non-hydrogen) atoms. The molecule has 96 valence electrons. The highest BCUT2D eigenvalue weighted by molar-refractivity contribution is 7.99. The van der Waals surface area contributed by atoms with Crippen molar-refractivity contribution in [1.82, 2.24) is 4.90 Å². The Hall–Kier alpha value is -1.49. The van der Waals surface area contributed by atoms with Crippen LogP contribution in [0, 0.1) is 0 Å². The highest BCUT2D eigenvalue weighted by atomic mass is 32.2. The lowest BCUT2D eigenvalue weighted by Crippen LogP contribution is -2.47. The molecule has 1 heterocycles. The standard InChI is InChI=1S/C13H15NO3S/c15-12(16)8-11-9-18-7-6-14(11)13(17)10-4-2-1-3-5-10/h1-5,11H,6-9H2,(H,15,16). The van der Waals surface area contributed by atoms with E-state index in [4.69, 9.17) is 5.11 Å². The fraction of sp³-hybridized carbons (Fsp3) is 0.385. The summed E-state index contributed by atoms with van der Waals surface area (Å²) in [6, 6.07) is 8.83. The minimum absolute atomic E-state index is 0.0194. The van der Waals surface area contributed by atoms with Crippen LogP contribution in [0.4, 0.5) is 0 Å². The van der Waals surface area contributed by atoms with Crippen molar-refractivity contribution in [2.75, 3.05) is 18.1 Å². The number of hydrogen-bond donors (Lipinski definition) is 1. The van der Waals surface area contributed by atoms with Crippen LogP contribution in [0.2, 0.25) is 0 Å². The topological polar surface area (TPSA) is 57.6 Å². The summed E-state index contributed by atoms with van der Waals surface area (Å²) in [5.41, 5.74) is 0.625. The fourth-order valence-corrected chi connectivity index (χ4v) is 3.10. The Balaban J connectivity index is 2.13. The molecule has 1 saturated heterocycles. The van der Waals surface area contributed by atoms with Gasteiger partial charge in [-0.15, -0.1) is 0 Å². The molecule has 1 atom stereocenters. The van der Waals surface area contributed by atoms with Gasteiger partial charge in [-0.1, -0.05) is 18.2 Å². The molecule has 0 saturated carbocycles. The number of amides is 1. The van der Waals surface area contributed by atoms with Crippen LogP contribution in [0.1, 0.15) is 16.8 Å². The van der Waals surface area contributed by atoms with Crippen LogP contribution in [0.15, 0.2) is 30.3 Å². The lowest BCUT2D eigenvalue weighted by Gasteiger charge is -2.34. The summed E-state index contributed by atoms with van der Waals surface area (Å²) in [5, 5.41) is 8.89. The van der Waals surface area contributed by atoms with E-state index in [1.165, 1.54) is 0 Å². The van der Waals surface area contributed by atoms with Crippen LogP contribution in [0.25, 0.3) is 0 Å². The van der Waals surface area contributed by atoms with Crippen molar-refractivity contribution < 1.29 is 14.7 Å². The summed E-state index contributed by atoms with van der Waals surface area (Å²) in [7, 11) is 0. The van der Waals surface area contributed by atoms with E-state index in [-0.39, 0.29) is 18.4 Å². The van der Waals surface area contributed by atoms with Crippen LogP contribution in [0.5, 0.6) is 0 Å². The maximum absolute atomic E-state index is 12.3. The monoisotopic (exact) mass is 265 g/mol. The molecule has 1 aliphatic rings. The number of nitrogens with zero attached hydrogens (tertiary/aromatic N) is 1. The molecule has 1 aromatic carbocycles. The van der Waals surface area contributed by atoms with Gasteiger partial charge in [0.25, 0.3) is 5.91 Å². The van der Waals surface area contributed by atoms with Gasteiger partial charge in [0.05, 0.1) is 12.5 Å². The van der Waals surface area contributed by atoms with Gasteiger partial charge in [-0.05, 0) is 12.1 Å². The second kappa shape index (κ2) is 5.91. The molecule has 5 heteroatoms. The Morgan fingerprint density at radius 1 is 1.33 bits per heavy atom. The molecule has 1 fully saturated rings. The highest BCUT2D eigenvalue weighted by Gasteiger charge is 2.29. The van der Waals surface area contributed by atoms with E-state index >= 15 is 0 Å². The van der Waals surface area contributed by atoms with Crippen molar-refractivity contribution in [3.05, 3.63) is 35.9 Å². The summed E-state index contributed by atoms with van der Waals surface area (Å²) in [4.78, 5) is 24.8. The molecule has 0 aliphatic carbocycles. The van der Waals surface area contributed by atoms with Crippen LogP contribution in [-0.2, 0) is 4.79 Å². The Bertz CT molecular complexity index is 435. The Morgan fingerprint density at radius 3 is 2.72 bits per heavy atom. The number of rotatable bonds is 3. The summed E-state index contributed by atoms with van der Waals surface area (Å²) in [6.45, 7) is 0.621. The molecule has 4 nitrogen and oxygen atoms in total. The molecule has 0 radical (unpaired) electrons. The molecule has 1 amide bonds. The van der Waals surface area contributed by atoms with Crippen molar-refractivity contribution in [1.29, 1.82) is 0 Å². The van der Waals surface area contributed by atoms with Crippen molar-refractivity contribution in [3.8, 4) is 0 Å². The Morgan fingerprint density at radius 2 is 2.06 bits per heavy atom. The summed E-state index contributed by atoms with van der Waals surface area (Å²) in [5.74, 6) is 0.648. The highest BCUT2D eigenvalue weighted by Crippen LogP contribution is 2.21. The number of carbonyl (C=O) groups is 2. The van der Waals surface area contributed by atoms with Crippen LogP contribution >= 0.6 is 11.8 Å². The third-order valence-corrected chi connectivity index (χ3v) is 4.01. The van der Waals surface area contributed by atoms with Gasteiger partial charge < -0.3 is 10.0 Å². The summed E-state index contributed by atoms with van der Waals surface area (Å²) < 4.78 is 0. The van der Waals surface area contributed by atoms with Gasteiger partial charge in [-0.2, -0.15) is 11.8 Å². The number of carbonyl (C=O) groups excluding carboxylic acids is 1. The average molecular weight is 265 g/mol. The molecule has 0 bridgehead atoms. The Labute approximate surface area is 110 Å². The third-order valence-electron chi connectivity index (χ3n) is 2.92. The van der Waals surface area contributed by atoms with E-state index in [0.717, 1.165) is 5.75 Å². The molecular formula is C13H15NO3S. The normalized spacial score (nSPS) is 19.6. The minimum Gasteiger partial charge on any atom is -0.481 e. The maximum Gasteiger partial charge on any atom is 0.305 e. The first-order chi connectivity index (χ1) is 8.68. The molecule has 1 aromatic rings. The third kappa shape index (κ3) is 3.04. The van der Waals surface area contributed by atoms with E-state index in [1.807, 2.05) is 18.2 Å². The van der Waals surface area contributed by atoms with Gasteiger partial charge in [0.1, 0.15) is 0 Å². The van der Waals surface area contributed by atoms with Gasteiger partial charge in [0.15, 0.2) is 0 Å². The number of carboxylic acid groups (broad SMARTS) is 1. The van der Waals surface area contributed by atoms with Crippen molar-refractivity contribution >= 4 is 23.6 Å². The lowest BCUT2D eigenvalue weighted by atomic mass is 10.1. The molecule has 1 N–H and O–H groups in total. The second-order valence-electron chi connectivity index (χ2n) is 4.19. The average Bonchev–Trinajstić information content (AvgIpc) is 2.39. The van der Waals surface area contributed by atoms with Gasteiger partial charge >= 0.3 is 5.97 Å². The molecule has 0 spiro atoms. The number of hydrogen-bond acceptors (Lipinski definition) is 3.